The number of urea groups is 1. The molecule has 10 heteroatoms. The van der Waals surface area contributed by atoms with Crippen LogP contribution in [0, 0.1) is 35.3 Å². The number of nitrogens with zero attached hydrogens (tertiary/aromatic N) is 3. The number of aliphatic hydroxyl groups is 1. The van der Waals surface area contributed by atoms with Gasteiger partial charge in [0.25, 0.3) is 5.91 Å². The third kappa shape index (κ3) is 6.95. The third-order valence-electron chi connectivity index (χ3n) is 6.00. The first-order valence-electron chi connectivity index (χ1n) is 12.1. The summed E-state index contributed by atoms with van der Waals surface area (Å²) in [6.07, 6.45) is 0.918. The van der Waals surface area contributed by atoms with Crippen molar-refractivity contribution >= 4 is 17.6 Å². The Morgan fingerprint density at radius 3 is 2.73 bits per heavy atom. The molecule has 0 radical (unpaired) electrons. The van der Waals surface area contributed by atoms with E-state index in [9.17, 15) is 23.5 Å². The Labute approximate surface area is 215 Å². The number of aromatic nitrogens is 1. The Kier molecular flexibility index (Phi) is 9.05. The Balaban J connectivity index is 1.89. The minimum atomic E-state index is -0.764. The lowest BCUT2D eigenvalue weighted by Crippen LogP contribution is -2.50. The number of likely N-dealkylation sites (N-methyl/N-ethyl adjacent to an activating group) is 1. The summed E-state index contributed by atoms with van der Waals surface area (Å²) in [6.45, 7) is 7.59. The van der Waals surface area contributed by atoms with Crippen LogP contribution in [0.5, 0.6) is 5.88 Å². The van der Waals surface area contributed by atoms with E-state index in [1.54, 1.807) is 17.9 Å². The highest BCUT2D eigenvalue weighted by molar-refractivity contribution is 5.97. The normalized spacial score (nSPS) is 18.1. The van der Waals surface area contributed by atoms with Gasteiger partial charge in [-0.25, -0.2) is 18.6 Å². The molecular weight excluding hydrogens is 482 g/mol. The number of benzene rings is 1. The van der Waals surface area contributed by atoms with Crippen molar-refractivity contribution in [2.45, 2.75) is 39.8 Å². The highest BCUT2D eigenvalue weighted by Crippen LogP contribution is 2.27. The van der Waals surface area contributed by atoms with E-state index < -0.39 is 29.8 Å². The first-order valence-corrected chi connectivity index (χ1v) is 12.1. The standard InChI is InChI=1S/C27H32F2N4O4/c1-16(2)6-7-19-10-21-25(30-12-19)37-24(17(3)13-33(26(21)35)18(4)15-34)14-32(5)27(36)31-23-11-20(28)8-9-22(23)29/h8-12,16-18,24,34H,13-15H2,1-5H3,(H,31,36)/t17-,18-,24+/m1/s1. The van der Waals surface area contributed by atoms with Gasteiger partial charge in [-0.1, -0.05) is 32.6 Å². The number of amides is 3. The topological polar surface area (TPSA) is 95.0 Å². The Morgan fingerprint density at radius 1 is 1.32 bits per heavy atom. The maximum Gasteiger partial charge on any atom is 0.321 e. The van der Waals surface area contributed by atoms with Crippen LogP contribution in [0.1, 0.15) is 43.6 Å². The van der Waals surface area contributed by atoms with Crippen LogP contribution in [0.4, 0.5) is 19.3 Å². The Hall–Kier alpha value is -3.71. The molecule has 0 unspecified atom stereocenters. The second-order valence-corrected chi connectivity index (χ2v) is 9.56. The van der Waals surface area contributed by atoms with Gasteiger partial charge in [-0.2, -0.15) is 0 Å². The largest absolute Gasteiger partial charge is 0.472 e. The van der Waals surface area contributed by atoms with Crippen molar-refractivity contribution in [1.29, 1.82) is 0 Å². The van der Waals surface area contributed by atoms with Crippen molar-refractivity contribution in [2.24, 2.45) is 11.8 Å². The molecule has 2 aromatic rings. The predicted molar refractivity (Wildman–Crippen MR) is 135 cm³/mol. The highest BCUT2D eigenvalue weighted by atomic mass is 19.1. The van der Waals surface area contributed by atoms with Crippen molar-refractivity contribution in [3.63, 3.8) is 0 Å². The van der Waals surface area contributed by atoms with E-state index in [1.165, 1.54) is 18.1 Å². The van der Waals surface area contributed by atoms with Gasteiger partial charge in [-0.3, -0.25) is 4.79 Å². The molecule has 0 aliphatic carbocycles. The zero-order chi connectivity index (χ0) is 27.3. The zero-order valence-corrected chi connectivity index (χ0v) is 21.6. The van der Waals surface area contributed by atoms with Gasteiger partial charge in [0, 0.05) is 43.3 Å². The first-order chi connectivity index (χ1) is 17.5. The number of fused-ring (bicyclic) bond motifs is 1. The van der Waals surface area contributed by atoms with Crippen LogP contribution < -0.4 is 10.1 Å². The summed E-state index contributed by atoms with van der Waals surface area (Å²) >= 11 is 0. The monoisotopic (exact) mass is 514 g/mol. The van der Waals surface area contributed by atoms with Crippen molar-refractivity contribution in [3.8, 4) is 17.7 Å². The van der Waals surface area contributed by atoms with E-state index >= 15 is 0 Å². The number of nitrogens with one attached hydrogen (secondary N) is 1. The number of pyridine rings is 1. The molecule has 1 aromatic heterocycles. The molecule has 1 aliphatic rings. The van der Waals surface area contributed by atoms with Crippen LogP contribution in [0.3, 0.4) is 0 Å². The second kappa shape index (κ2) is 12.0. The molecule has 3 rings (SSSR count). The van der Waals surface area contributed by atoms with Gasteiger partial charge in [-0.05, 0) is 25.1 Å². The molecule has 2 N–H and O–H groups in total. The fraction of sp³-hybridized carbons (Fsp3) is 0.444. The predicted octanol–water partition coefficient (Wildman–Crippen LogP) is 3.75. The molecule has 0 spiro atoms. The lowest BCUT2D eigenvalue weighted by molar-refractivity contribution is 0.0356. The van der Waals surface area contributed by atoms with Gasteiger partial charge >= 0.3 is 6.03 Å². The van der Waals surface area contributed by atoms with Gasteiger partial charge in [0.1, 0.15) is 23.3 Å². The van der Waals surface area contributed by atoms with Crippen LogP contribution in [0.2, 0.25) is 0 Å². The number of ether oxygens (including phenoxy) is 1. The molecule has 1 aliphatic heterocycles. The average Bonchev–Trinajstić information content (AvgIpc) is 2.86. The molecule has 1 aromatic carbocycles. The van der Waals surface area contributed by atoms with Crippen LogP contribution in [0.25, 0.3) is 0 Å². The molecule has 3 atom stereocenters. The summed E-state index contributed by atoms with van der Waals surface area (Å²) in [5.74, 6) is 4.22. The van der Waals surface area contributed by atoms with Crippen LogP contribution in [0.15, 0.2) is 30.5 Å². The van der Waals surface area contributed by atoms with Gasteiger partial charge in [-0.15, -0.1) is 0 Å². The SMILES string of the molecule is CC(C)C#Cc1cnc2c(c1)C(=O)N([C@H](C)CO)C[C@@H](C)[C@H](CN(C)C(=O)Nc1cc(F)ccc1F)O2. The average molecular weight is 515 g/mol. The van der Waals surface area contributed by atoms with Gasteiger partial charge in [0.05, 0.1) is 24.9 Å². The van der Waals surface area contributed by atoms with Gasteiger partial charge < -0.3 is 25.0 Å². The van der Waals surface area contributed by atoms with E-state index in [1.807, 2.05) is 20.8 Å². The highest BCUT2D eigenvalue weighted by Gasteiger charge is 2.34. The molecule has 0 fully saturated rings. The van der Waals surface area contributed by atoms with E-state index in [4.69, 9.17) is 4.74 Å². The van der Waals surface area contributed by atoms with Crippen molar-refractivity contribution < 1.29 is 28.2 Å². The fourth-order valence-corrected chi connectivity index (χ4v) is 3.77. The smallest absolute Gasteiger partial charge is 0.321 e. The van der Waals surface area contributed by atoms with E-state index in [2.05, 4.69) is 22.1 Å². The molecule has 2 heterocycles. The third-order valence-corrected chi connectivity index (χ3v) is 6.00. The fourth-order valence-electron chi connectivity index (χ4n) is 3.77. The molecule has 3 amide bonds. The van der Waals surface area contributed by atoms with E-state index in [0.717, 1.165) is 18.2 Å². The minimum Gasteiger partial charge on any atom is -0.472 e. The number of rotatable bonds is 5. The maximum atomic E-state index is 14.0. The van der Waals surface area contributed by atoms with Crippen molar-refractivity contribution in [2.75, 3.05) is 32.1 Å². The second-order valence-electron chi connectivity index (χ2n) is 9.56. The number of anilines is 1. The molecule has 8 nitrogen and oxygen atoms in total. The van der Waals surface area contributed by atoms with Crippen LogP contribution in [-0.4, -0.2) is 70.7 Å². The van der Waals surface area contributed by atoms with Crippen molar-refractivity contribution in [1.82, 2.24) is 14.8 Å². The Morgan fingerprint density at radius 2 is 2.05 bits per heavy atom. The molecule has 37 heavy (non-hydrogen) atoms. The number of carbonyl (C=O) groups excluding carboxylic acids is 2. The number of hydrogen-bond acceptors (Lipinski definition) is 5. The number of aliphatic hydroxyl groups excluding tert-OH is 1. The number of carbonyl (C=O) groups is 2. The first kappa shape index (κ1) is 27.9. The Bertz CT molecular complexity index is 1210. The van der Waals surface area contributed by atoms with Crippen LogP contribution in [-0.2, 0) is 0 Å². The number of hydrogen-bond donors (Lipinski definition) is 2. The summed E-state index contributed by atoms with van der Waals surface area (Å²) in [5, 5.41) is 12.1. The van der Waals surface area contributed by atoms with Gasteiger partial charge in [0.2, 0.25) is 5.88 Å². The lowest BCUT2D eigenvalue weighted by atomic mass is 10.00. The molecule has 198 valence electrons. The minimum absolute atomic E-state index is 0.0650. The molecule has 0 saturated heterocycles. The van der Waals surface area contributed by atoms with E-state index in [-0.39, 0.29) is 54.6 Å². The number of halogens is 2. The molecule has 0 saturated carbocycles. The lowest BCUT2D eigenvalue weighted by Gasteiger charge is -2.37. The van der Waals surface area contributed by atoms with Crippen molar-refractivity contribution in [3.05, 3.63) is 53.2 Å². The molecule has 0 bridgehead atoms. The molecular formula is C27H32F2N4O4. The van der Waals surface area contributed by atoms with Crippen LogP contribution >= 0.6 is 0 Å². The zero-order valence-electron chi connectivity index (χ0n) is 21.6. The van der Waals surface area contributed by atoms with Gasteiger partial charge in [0.15, 0.2) is 0 Å². The summed E-state index contributed by atoms with van der Waals surface area (Å²) in [4.78, 5) is 33.4. The maximum absolute atomic E-state index is 14.0. The summed E-state index contributed by atoms with van der Waals surface area (Å²) in [6, 6.07) is 3.28. The summed E-state index contributed by atoms with van der Waals surface area (Å²) < 4.78 is 33.7. The summed E-state index contributed by atoms with van der Waals surface area (Å²) in [7, 11) is 1.50. The van der Waals surface area contributed by atoms with E-state index in [0.29, 0.717) is 5.56 Å². The quantitative estimate of drug-likeness (QED) is 0.593. The summed E-state index contributed by atoms with van der Waals surface area (Å²) in [5.41, 5.74) is 0.487.